The van der Waals surface area contributed by atoms with Crippen LogP contribution in [-0.4, -0.2) is 18.4 Å². The van der Waals surface area contributed by atoms with Crippen LogP contribution in [0.3, 0.4) is 0 Å². The molecule has 0 bridgehead atoms. The van der Waals surface area contributed by atoms with Gasteiger partial charge in [0.2, 0.25) is 5.28 Å². The Kier molecular flexibility index (Phi) is 3.88. The third-order valence-electron chi connectivity index (χ3n) is 2.02. The summed E-state index contributed by atoms with van der Waals surface area (Å²) in [5.41, 5.74) is -0.0000463. The lowest BCUT2D eigenvalue weighted by Crippen LogP contribution is -2.13. The topological polar surface area (TPSA) is 72.0 Å². The highest BCUT2D eigenvalue weighted by atomic mass is 35.5. The van der Waals surface area contributed by atoms with Crippen LogP contribution >= 0.6 is 23.2 Å². The highest BCUT2D eigenvalue weighted by Gasteiger charge is 2.16. The van der Waals surface area contributed by atoms with Gasteiger partial charge < -0.3 is 0 Å². The largest absolute Gasteiger partial charge is 0.279 e. The van der Waals surface area contributed by atoms with Crippen LogP contribution in [-0.2, 0) is 10.0 Å². The lowest BCUT2D eigenvalue weighted by atomic mass is 10.3. The third kappa shape index (κ3) is 3.52. The number of halogens is 3. The van der Waals surface area contributed by atoms with Gasteiger partial charge in [-0.2, -0.15) is 0 Å². The van der Waals surface area contributed by atoms with Crippen molar-refractivity contribution in [3.8, 4) is 0 Å². The van der Waals surface area contributed by atoms with Gasteiger partial charge in [0, 0.05) is 5.02 Å². The average Bonchev–Trinajstić information content (AvgIpc) is 2.27. The molecule has 2 aromatic rings. The number of hydrogen-bond acceptors (Lipinski definition) is 4. The fraction of sp³-hybridized carbons (Fsp3) is 0. The minimum atomic E-state index is -3.92. The molecule has 5 nitrogen and oxygen atoms in total. The standard InChI is InChI=1S/C10H6Cl2FN3O2S/c11-6-1-7(13)3-8(2-6)16-19(17,18)9-4-14-10(12)15-5-9/h1-5,16H. The number of rotatable bonds is 3. The van der Waals surface area contributed by atoms with E-state index in [0.29, 0.717) is 0 Å². The number of aromatic nitrogens is 2. The number of nitrogens with zero attached hydrogens (tertiary/aromatic N) is 2. The minimum Gasteiger partial charge on any atom is -0.279 e. The summed E-state index contributed by atoms with van der Waals surface area (Å²) in [6.45, 7) is 0. The molecule has 0 aliphatic heterocycles. The third-order valence-corrected chi connectivity index (χ3v) is 3.77. The number of benzene rings is 1. The van der Waals surface area contributed by atoms with E-state index in [1.165, 1.54) is 6.07 Å². The van der Waals surface area contributed by atoms with E-state index < -0.39 is 15.8 Å². The van der Waals surface area contributed by atoms with Crippen molar-refractivity contribution in [2.75, 3.05) is 4.72 Å². The molecule has 0 radical (unpaired) electrons. The molecule has 0 aliphatic rings. The van der Waals surface area contributed by atoms with Crippen LogP contribution in [0.4, 0.5) is 10.1 Å². The van der Waals surface area contributed by atoms with Crippen molar-refractivity contribution in [1.29, 1.82) is 0 Å². The highest BCUT2D eigenvalue weighted by molar-refractivity contribution is 7.92. The van der Waals surface area contributed by atoms with E-state index in [-0.39, 0.29) is 20.9 Å². The molecule has 100 valence electrons. The van der Waals surface area contributed by atoms with Crippen LogP contribution < -0.4 is 4.72 Å². The van der Waals surface area contributed by atoms with Gasteiger partial charge in [-0.05, 0) is 29.8 Å². The molecule has 0 fully saturated rings. The lowest BCUT2D eigenvalue weighted by Gasteiger charge is -2.07. The van der Waals surface area contributed by atoms with Gasteiger partial charge in [0.05, 0.1) is 18.1 Å². The SMILES string of the molecule is O=S(=O)(Nc1cc(F)cc(Cl)c1)c1cnc(Cl)nc1. The van der Waals surface area contributed by atoms with Gasteiger partial charge in [-0.25, -0.2) is 22.8 Å². The molecule has 2 rings (SSSR count). The number of nitrogens with one attached hydrogen (secondary N) is 1. The van der Waals surface area contributed by atoms with Crippen LogP contribution in [0.5, 0.6) is 0 Å². The fourth-order valence-electron chi connectivity index (χ4n) is 1.27. The van der Waals surface area contributed by atoms with Gasteiger partial charge in [-0.1, -0.05) is 11.6 Å². The summed E-state index contributed by atoms with van der Waals surface area (Å²) < 4.78 is 39.1. The van der Waals surface area contributed by atoms with Crippen molar-refractivity contribution in [3.63, 3.8) is 0 Å². The zero-order valence-electron chi connectivity index (χ0n) is 9.14. The smallest absolute Gasteiger partial charge is 0.264 e. The summed E-state index contributed by atoms with van der Waals surface area (Å²) in [5.74, 6) is -0.655. The zero-order valence-corrected chi connectivity index (χ0v) is 11.5. The number of sulfonamides is 1. The lowest BCUT2D eigenvalue weighted by molar-refractivity contribution is 0.600. The summed E-state index contributed by atoms with van der Waals surface area (Å²) in [6.07, 6.45) is 2.08. The van der Waals surface area contributed by atoms with E-state index in [1.807, 2.05) is 0 Å². The molecule has 0 atom stereocenters. The quantitative estimate of drug-likeness (QED) is 0.882. The van der Waals surface area contributed by atoms with E-state index in [2.05, 4.69) is 14.7 Å². The Balaban J connectivity index is 2.33. The van der Waals surface area contributed by atoms with Crippen molar-refractivity contribution < 1.29 is 12.8 Å². The molecule has 0 aliphatic carbocycles. The van der Waals surface area contributed by atoms with Gasteiger partial charge in [0.1, 0.15) is 10.7 Å². The van der Waals surface area contributed by atoms with Gasteiger partial charge >= 0.3 is 0 Å². The summed E-state index contributed by atoms with van der Waals surface area (Å²) in [7, 11) is -3.92. The van der Waals surface area contributed by atoms with Crippen molar-refractivity contribution in [3.05, 3.63) is 46.7 Å². The minimum absolute atomic E-state index is 0.0000463. The maximum Gasteiger partial charge on any atom is 0.264 e. The Morgan fingerprint density at radius 2 is 1.74 bits per heavy atom. The molecule has 0 amide bonds. The fourth-order valence-corrected chi connectivity index (χ4v) is 2.51. The van der Waals surface area contributed by atoms with Crippen LogP contribution in [0.25, 0.3) is 0 Å². The molecule has 0 saturated heterocycles. The number of anilines is 1. The first-order valence-electron chi connectivity index (χ1n) is 4.83. The summed E-state index contributed by atoms with van der Waals surface area (Å²) >= 11 is 11.1. The van der Waals surface area contributed by atoms with E-state index in [9.17, 15) is 12.8 Å². The monoisotopic (exact) mass is 321 g/mol. The second-order valence-corrected chi connectivity index (χ2v) is 5.91. The van der Waals surface area contributed by atoms with Crippen LogP contribution in [0.1, 0.15) is 0 Å². The first kappa shape index (κ1) is 14.0. The molecule has 0 spiro atoms. The van der Waals surface area contributed by atoms with E-state index in [1.54, 1.807) is 0 Å². The van der Waals surface area contributed by atoms with E-state index in [0.717, 1.165) is 24.5 Å². The second-order valence-electron chi connectivity index (χ2n) is 3.45. The molecule has 1 heterocycles. The predicted molar refractivity (Wildman–Crippen MR) is 69.3 cm³/mol. The van der Waals surface area contributed by atoms with Crippen molar-refractivity contribution in [2.24, 2.45) is 0 Å². The first-order valence-corrected chi connectivity index (χ1v) is 7.07. The molecule has 1 N–H and O–H groups in total. The van der Waals surface area contributed by atoms with Gasteiger partial charge in [0.25, 0.3) is 10.0 Å². The summed E-state index contributed by atoms with van der Waals surface area (Å²) in [6, 6.07) is 3.34. The Morgan fingerprint density at radius 3 is 2.32 bits per heavy atom. The van der Waals surface area contributed by atoms with E-state index in [4.69, 9.17) is 23.2 Å². The van der Waals surface area contributed by atoms with Gasteiger partial charge in [-0.3, -0.25) is 4.72 Å². The second kappa shape index (κ2) is 5.28. The summed E-state index contributed by atoms with van der Waals surface area (Å²) in [5, 5.41) is -0.00203. The molecule has 1 aromatic carbocycles. The van der Waals surface area contributed by atoms with Crippen molar-refractivity contribution in [2.45, 2.75) is 4.90 Å². The molecular weight excluding hydrogens is 316 g/mol. The van der Waals surface area contributed by atoms with Crippen molar-refractivity contribution >= 4 is 38.9 Å². The summed E-state index contributed by atoms with van der Waals surface area (Å²) in [4.78, 5) is 6.92. The predicted octanol–water partition coefficient (Wildman–Crippen LogP) is 2.72. The van der Waals surface area contributed by atoms with Crippen LogP contribution in [0.2, 0.25) is 10.3 Å². The Morgan fingerprint density at radius 1 is 1.11 bits per heavy atom. The Bertz CT molecular complexity index is 687. The maximum absolute atomic E-state index is 13.1. The molecule has 1 aromatic heterocycles. The van der Waals surface area contributed by atoms with Gasteiger partial charge in [0.15, 0.2) is 0 Å². The molecule has 0 unspecified atom stereocenters. The zero-order chi connectivity index (χ0) is 14.0. The maximum atomic E-state index is 13.1. The molecular formula is C10H6Cl2FN3O2S. The van der Waals surface area contributed by atoms with Crippen LogP contribution in [0, 0.1) is 5.82 Å². The molecule has 0 saturated carbocycles. The number of hydrogen-bond donors (Lipinski definition) is 1. The Hall–Kier alpha value is -1.44. The van der Waals surface area contributed by atoms with Crippen LogP contribution in [0.15, 0.2) is 35.5 Å². The normalized spacial score (nSPS) is 11.3. The molecule has 19 heavy (non-hydrogen) atoms. The van der Waals surface area contributed by atoms with Crippen molar-refractivity contribution in [1.82, 2.24) is 9.97 Å². The van der Waals surface area contributed by atoms with Gasteiger partial charge in [-0.15, -0.1) is 0 Å². The highest BCUT2D eigenvalue weighted by Crippen LogP contribution is 2.21. The Labute approximate surface area is 118 Å². The average molecular weight is 322 g/mol. The molecule has 9 heteroatoms. The first-order chi connectivity index (χ1) is 8.87. The van der Waals surface area contributed by atoms with E-state index >= 15 is 0 Å².